The molecule has 0 spiro atoms. The number of nitrogens with zero attached hydrogens (tertiary/aromatic N) is 8. The Kier molecular flexibility index (Phi) is 7.47. The Morgan fingerprint density at radius 2 is 1.81 bits per heavy atom. The van der Waals surface area contributed by atoms with Gasteiger partial charge in [0.05, 0.1) is 19.1 Å². The van der Waals surface area contributed by atoms with E-state index in [2.05, 4.69) is 19.9 Å². The van der Waals surface area contributed by atoms with Crippen molar-refractivity contribution in [1.29, 1.82) is 0 Å². The van der Waals surface area contributed by atoms with Gasteiger partial charge >= 0.3 is 6.18 Å². The van der Waals surface area contributed by atoms with E-state index in [-0.39, 0.29) is 12.4 Å². The molecule has 0 bridgehead atoms. The molecule has 14 heteroatoms. The number of hydrogen-bond acceptors (Lipinski definition) is 9. The molecule has 4 heterocycles. The summed E-state index contributed by atoms with van der Waals surface area (Å²) >= 11 is 1.71. The van der Waals surface area contributed by atoms with Crippen LogP contribution in [0.2, 0.25) is 0 Å². The van der Waals surface area contributed by atoms with E-state index in [1.807, 2.05) is 10.8 Å². The summed E-state index contributed by atoms with van der Waals surface area (Å²) < 4.78 is 54.6. The van der Waals surface area contributed by atoms with Crippen LogP contribution in [0, 0.1) is 0 Å². The van der Waals surface area contributed by atoms with Crippen LogP contribution in [0.5, 0.6) is 11.8 Å². The van der Waals surface area contributed by atoms with Crippen molar-refractivity contribution >= 4 is 22.9 Å². The van der Waals surface area contributed by atoms with Crippen molar-refractivity contribution in [2.45, 2.75) is 38.1 Å². The van der Waals surface area contributed by atoms with Crippen LogP contribution in [0.25, 0.3) is 33.9 Å². The molecule has 4 aromatic heterocycles. The number of rotatable bonds is 10. The van der Waals surface area contributed by atoms with E-state index >= 15 is 0 Å². The summed E-state index contributed by atoms with van der Waals surface area (Å²) in [6.07, 6.45) is 3.76. The van der Waals surface area contributed by atoms with Gasteiger partial charge in [-0.1, -0.05) is 24.3 Å². The number of aromatic nitrogens is 8. The van der Waals surface area contributed by atoms with Gasteiger partial charge in [0.15, 0.2) is 22.7 Å². The second-order valence-corrected chi connectivity index (χ2v) is 10.9. The van der Waals surface area contributed by atoms with Crippen molar-refractivity contribution in [2.24, 2.45) is 7.05 Å². The molecule has 0 saturated heterocycles. The minimum Gasteiger partial charge on any atom is -0.480 e. The highest BCUT2D eigenvalue weighted by molar-refractivity contribution is 7.98. The van der Waals surface area contributed by atoms with Gasteiger partial charge in [0, 0.05) is 37.0 Å². The molecule has 0 N–H and O–H groups in total. The van der Waals surface area contributed by atoms with Gasteiger partial charge in [0.25, 0.3) is 0 Å². The van der Waals surface area contributed by atoms with Crippen molar-refractivity contribution in [3.63, 3.8) is 0 Å². The molecule has 42 heavy (non-hydrogen) atoms. The zero-order valence-corrected chi connectivity index (χ0v) is 23.9. The van der Waals surface area contributed by atoms with E-state index in [0.717, 1.165) is 36.0 Å². The van der Waals surface area contributed by atoms with Crippen LogP contribution < -0.4 is 9.47 Å². The van der Waals surface area contributed by atoms with E-state index in [1.165, 1.54) is 17.9 Å². The third-order valence-electron chi connectivity index (χ3n) is 6.95. The van der Waals surface area contributed by atoms with E-state index in [9.17, 15) is 13.2 Å². The highest BCUT2D eigenvalue weighted by Gasteiger charge is 2.35. The third kappa shape index (κ3) is 5.50. The largest absolute Gasteiger partial charge is 0.480 e. The number of ether oxygens (including phenoxy) is 2. The van der Waals surface area contributed by atoms with Gasteiger partial charge in [-0.15, -0.1) is 0 Å². The fourth-order valence-electron chi connectivity index (χ4n) is 4.70. The van der Waals surface area contributed by atoms with Crippen LogP contribution in [0.1, 0.15) is 35.7 Å². The quantitative estimate of drug-likeness (QED) is 0.206. The number of thioether (sulfide) groups is 1. The summed E-state index contributed by atoms with van der Waals surface area (Å²) in [6.45, 7) is 0.853. The number of halogens is 3. The smallest absolute Gasteiger partial charge is 0.434 e. The zero-order valence-electron chi connectivity index (χ0n) is 23.1. The Morgan fingerprint density at radius 3 is 2.48 bits per heavy atom. The predicted molar refractivity (Wildman–Crippen MR) is 151 cm³/mol. The summed E-state index contributed by atoms with van der Waals surface area (Å²) in [6, 6.07) is 7.03. The Morgan fingerprint density at radius 1 is 1.02 bits per heavy atom. The predicted octanol–water partition coefficient (Wildman–Crippen LogP) is 5.53. The third-order valence-corrected chi connectivity index (χ3v) is 7.54. The number of fused-ring (bicyclic) bond motifs is 1. The molecule has 5 aromatic rings. The fraction of sp³-hybridized carbons (Fsp3) is 0.357. The number of hydrogen-bond donors (Lipinski definition) is 0. The summed E-state index contributed by atoms with van der Waals surface area (Å²) in [7, 11) is 3.09. The maximum Gasteiger partial charge on any atom is 0.434 e. The lowest BCUT2D eigenvalue weighted by molar-refractivity contribution is -0.140. The molecule has 1 aliphatic rings. The van der Waals surface area contributed by atoms with Gasteiger partial charge in [-0.2, -0.15) is 29.9 Å². The minimum absolute atomic E-state index is 0.159. The van der Waals surface area contributed by atoms with Crippen molar-refractivity contribution in [3.05, 3.63) is 60.1 Å². The Hall–Kier alpha value is -4.20. The van der Waals surface area contributed by atoms with Gasteiger partial charge in [-0.25, -0.2) is 24.9 Å². The molecule has 10 nitrogen and oxygen atoms in total. The summed E-state index contributed by atoms with van der Waals surface area (Å²) in [5, 5.41) is 0. The van der Waals surface area contributed by atoms with Crippen molar-refractivity contribution in [1.82, 2.24) is 39.0 Å². The Labute approximate surface area is 243 Å². The van der Waals surface area contributed by atoms with E-state index in [4.69, 9.17) is 19.4 Å². The molecule has 6 rings (SSSR count). The van der Waals surface area contributed by atoms with Crippen LogP contribution in [-0.2, 0) is 26.4 Å². The highest BCUT2D eigenvalue weighted by atomic mass is 32.2. The average Bonchev–Trinajstić information content (AvgIpc) is 3.63. The van der Waals surface area contributed by atoms with Gasteiger partial charge in [-0.3, -0.25) is 0 Å². The molecule has 1 saturated carbocycles. The number of aryl methyl sites for hydroxylation is 2. The number of imidazole rings is 2. The topological polar surface area (TPSA) is 106 Å². The number of alkyl halides is 3. The summed E-state index contributed by atoms with van der Waals surface area (Å²) in [5.41, 5.74) is 3.04. The first-order valence-corrected chi connectivity index (χ1v) is 14.6. The van der Waals surface area contributed by atoms with E-state index < -0.39 is 11.9 Å². The maximum atomic E-state index is 13.1. The van der Waals surface area contributed by atoms with Crippen LogP contribution in [-0.4, -0.2) is 58.2 Å². The van der Waals surface area contributed by atoms with Gasteiger partial charge in [0.1, 0.15) is 24.3 Å². The second-order valence-electron chi connectivity index (χ2n) is 9.92. The normalized spacial score (nSPS) is 13.6. The number of methoxy groups -OCH3 is 1. The first-order chi connectivity index (χ1) is 20.3. The maximum absolute atomic E-state index is 13.1. The molecule has 0 atom stereocenters. The fourth-order valence-corrected chi connectivity index (χ4v) is 5.08. The Balaban J connectivity index is 1.33. The average molecular weight is 597 g/mol. The first-order valence-electron chi connectivity index (χ1n) is 13.2. The lowest BCUT2D eigenvalue weighted by Crippen LogP contribution is -2.07. The lowest BCUT2D eigenvalue weighted by Gasteiger charge is -2.14. The molecule has 0 radical (unpaired) electrons. The molecule has 1 aromatic carbocycles. The zero-order chi connectivity index (χ0) is 29.4. The SMILES string of the molecule is COc1ncnc(C2CC2)c1-c1nc(OCc2ccc(-c3nc(C(F)(F)F)cn3C)cc2)c2c(ncn2CCSC)n1. The van der Waals surface area contributed by atoms with E-state index in [1.54, 1.807) is 49.5 Å². The molecular weight excluding hydrogens is 569 g/mol. The van der Waals surface area contributed by atoms with Crippen molar-refractivity contribution < 1.29 is 22.6 Å². The van der Waals surface area contributed by atoms with E-state index in [0.29, 0.717) is 52.3 Å². The first kappa shape index (κ1) is 27.9. The molecule has 0 aliphatic heterocycles. The molecular formula is C28H27F3N8O2S. The highest BCUT2D eigenvalue weighted by Crippen LogP contribution is 2.45. The van der Waals surface area contributed by atoms with Gasteiger partial charge in [0.2, 0.25) is 11.8 Å². The molecule has 0 amide bonds. The monoisotopic (exact) mass is 596 g/mol. The summed E-state index contributed by atoms with van der Waals surface area (Å²) in [5.74, 6) is 2.49. The standard InChI is InChI=1S/C28H27F3N8O2S/c1-38-12-19(28(29,30)31)35-25(38)18-6-4-16(5-7-18)13-41-27-22-24(34-15-39(22)10-11-42-3)36-23(37-27)20-21(17-8-9-17)32-14-33-26(20)40-2/h4-7,12,14-15,17H,8-11,13H2,1-3H3. The van der Waals surface area contributed by atoms with Crippen LogP contribution in [0.4, 0.5) is 13.2 Å². The van der Waals surface area contributed by atoms with Crippen molar-refractivity contribution in [3.8, 4) is 34.5 Å². The molecule has 1 aliphatic carbocycles. The molecule has 1 fully saturated rings. The van der Waals surface area contributed by atoms with Gasteiger partial charge < -0.3 is 18.6 Å². The van der Waals surface area contributed by atoms with Crippen LogP contribution in [0.15, 0.2) is 43.1 Å². The van der Waals surface area contributed by atoms with Crippen LogP contribution in [0.3, 0.4) is 0 Å². The molecule has 0 unspecified atom stereocenters. The number of benzene rings is 1. The Bertz CT molecular complexity index is 1730. The second kappa shape index (κ2) is 11.2. The van der Waals surface area contributed by atoms with Crippen molar-refractivity contribution in [2.75, 3.05) is 19.1 Å². The molecule has 218 valence electrons. The summed E-state index contributed by atoms with van der Waals surface area (Å²) in [4.78, 5) is 26.7. The van der Waals surface area contributed by atoms with Gasteiger partial charge in [-0.05, 0) is 24.7 Å². The lowest BCUT2D eigenvalue weighted by atomic mass is 10.1. The minimum atomic E-state index is -4.51. The van der Waals surface area contributed by atoms with Crippen LogP contribution >= 0.6 is 11.8 Å².